The van der Waals surface area contributed by atoms with Crippen molar-refractivity contribution in [3.63, 3.8) is 0 Å². The van der Waals surface area contributed by atoms with E-state index in [2.05, 4.69) is 0 Å². The van der Waals surface area contributed by atoms with Crippen LogP contribution in [-0.4, -0.2) is 28.2 Å². The highest BCUT2D eigenvalue weighted by Gasteiger charge is 2.17. The lowest BCUT2D eigenvalue weighted by atomic mass is 9.94. The van der Waals surface area contributed by atoms with Crippen LogP contribution in [-0.2, 0) is 24.1 Å². The van der Waals surface area contributed by atoms with Gasteiger partial charge < -0.3 is 20.1 Å². The maximum Gasteiger partial charge on any atom is 0.162 e. The van der Waals surface area contributed by atoms with Crippen LogP contribution in [0.25, 0.3) is 0 Å². The van der Waals surface area contributed by atoms with Crippen molar-refractivity contribution in [3.05, 3.63) is 100 Å². The molecule has 3 rings (SSSR count). The van der Waals surface area contributed by atoms with Gasteiger partial charge in [-0.15, -0.1) is 0 Å². The third kappa shape index (κ3) is 6.62. The lowest BCUT2D eigenvalue weighted by Gasteiger charge is -2.12. The molecule has 0 radical (unpaired) electrons. The Morgan fingerprint density at radius 1 is 0.818 bits per heavy atom. The van der Waals surface area contributed by atoms with Gasteiger partial charge >= 0.3 is 0 Å². The molecule has 3 aromatic carbocycles. The number of rotatable bonds is 10. The predicted octanol–water partition coefficient (Wildman–Crippen LogP) is 5.60. The molecule has 0 aliphatic heterocycles. The van der Waals surface area contributed by atoms with Gasteiger partial charge in [0.15, 0.2) is 17.3 Å². The minimum Gasteiger partial charge on any atom is -0.512 e. The van der Waals surface area contributed by atoms with E-state index in [9.17, 15) is 20.1 Å². The van der Waals surface area contributed by atoms with Crippen molar-refractivity contribution in [1.82, 2.24) is 0 Å². The lowest BCUT2D eigenvalue weighted by molar-refractivity contribution is -0.115. The van der Waals surface area contributed by atoms with E-state index in [4.69, 9.17) is 4.74 Å². The molecule has 5 nitrogen and oxygen atoms in total. The highest BCUT2D eigenvalue weighted by Crippen LogP contribution is 2.27. The Labute approximate surface area is 194 Å². The molecule has 0 saturated heterocycles. The molecule has 33 heavy (non-hydrogen) atoms. The largest absolute Gasteiger partial charge is 0.512 e. The number of aryl methyl sites for hydroxylation is 3. The van der Waals surface area contributed by atoms with Crippen LogP contribution in [0.3, 0.4) is 0 Å². The van der Waals surface area contributed by atoms with Crippen LogP contribution in [0.5, 0.6) is 17.2 Å². The Morgan fingerprint density at radius 3 is 2.12 bits per heavy atom. The lowest BCUT2D eigenvalue weighted by Crippen LogP contribution is -2.11. The van der Waals surface area contributed by atoms with Crippen molar-refractivity contribution in [1.29, 1.82) is 0 Å². The van der Waals surface area contributed by atoms with Gasteiger partial charge in [0.1, 0.15) is 5.75 Å². The quantitative estimate of drug-likeness (QED) is 0.279. The van der Waals surface area contributed by atoms with E-state index in [1.807, 2.05) is 49.4 Å². The number of methoxy groups -OCH3 is 1. The zero-order chi connectivity index (χ0) is 23.8. The summed E-state index contributed by atoms with van der Waals surface area (Å²) >= 11 is 0. The first kappa shape index (κ1) is 23.9. The number of ether oxygens (including phenoxy) is 1. The molecule has 0 amide bonds. The van der Waals surface area contributed by atoms with Gasteiger partial charge in [-0.25, -0.2) is 0 Å². The van der Waals surface area contributed by atoms with Crippen molar-refractivity contribution in [2.24, 2.45) is 0 Å². The molecule has 0 aliphatic carbocycles. The number of Topliss-reactive ketones (excluding diaryl/α,β-unsaturated/α-hetero) is 1. The van der Waals surface area contributed by atoms with Gasteiger partial charge in [-0.1, -0.05) is 48.5 Å². The Kier molecular flexibility index (Phi) is 8.14. The van der Waals surface area contributed by atoms with Gasteiger partial charge in [0.25, 0.3) is 0 Å². The molecule has 172 valence electrons. The van der Waals surface area contributed by atoms with E-state index in [-0.39, 0.29) is 29.5 Å². The van der Waals surface area contributed by atoms with Gasteiger partial charge in [0.05, 0.1) is 12.9 Å². The summed E-state index contributed by atoms with van der Waals surface area (Å²) in [6.07, 6.45) is 1.97. The molecule has 0 fully saturated rings. The molecule has 0 unspecified atom stereocenters. The van der Waals surface area contributed by atoms with Crippen LogP contribution < -0.4 is 4.74 Å². The SMILES string of the molecule is COc1cc(CCC(=O)C(Cc2ccccc2)=C(O)CCc2ccc(O)c(C)c2)ccc1O. The Bertz CT molecular complexity index is 1130. The Morgan fingerprint density at radius 2 is 1.45 bits per heavy atom. The fourth-order valence-corrected chi connectivity index (χ4v) is 3.73. The van der Waals surface area contributed by atoms with E-state index in [0.29, 0.717) is 37.0 Å². The van der Waals surface area contributed by atoms with Crippen LogP contribution in [0.1, 0.15) is 35.1 Å². The summed E-state index contributed by atoms with van der Waals surface area (Å²) in [5, 5.41) is 30.4. The maximum atomic E-state index is 13.2. The number of ketones is 1. The number of aliphatic hydroxyl groups excluding tert-OH is 1. The van der Waals surface area contributed by atoms with E-state index < -0.39 is 0 Å². The molecular formula is C28H30O5. The molecular weight excluding hydrogens is 416 g/mol. The predicted molar refractivity (Wildman–Crippen MR) is 129 cm³/mol. The zero-order valence-corrected chi connectivity index (χ0v) is 19.0. The number of benzene rings is 3. The van der Waals surface area contributed by atoms with Gasteiger partial charge in [0, 0.05) is 24.8 Å². The first-order valence-corrected chi connectivity index (χ1v) is 11.0. The van der Waals surface area contributed by atoms with Gasteiger partial charge in [-0.05, 0) is 60.2 Å². The fourth-order valence-electron chi connectivity index (χ4n) is 3.73. The van der Waals surface area contributed by atoms with E-state index >= 15 is 0 Å². The summed E-state index contributed by atoms with van der Waals surface area (Å²) in [5.41, 5.74) is 4.01. The molecule has 0 spiro atoms. The van der Waals surface area contributed by atoms with E-state index in [0.717, 1.165) is 22.3 Å². The van der Waals surface area contributed by atoms with Gasteiger partial charge in [0.2, 0.25) is 0 Å². The first-order chi connectivity index (χ1) is 15.9. The standard InChI is InChI=1S/C28H30O5/c1-19-16-21(8-12-24(19)29)9-13-25(30)23(17-20-6-4-3-5-7-20)26(31)14-10-22-11-15-27(32)28(18-22)33-2/h3-8,11-12,15-16,18,29-30,32H,9-10,13-14,17H2,1-2H3. The third-order valence-electron chi connectivity index (χ3n) is 5.71. The number of carbonyl (C=O) groups excluding carboxylic acids is 1. The van der Waals surface area contributed by atoms with Crippen LogP contribution >= 0.6 is 0 Å². The molecule has 0 bridgehead atoms. The molecule has 5 heteroatoms. The third-order valence-corrected chi connectivity index (χ3v) is 5.71. The van der Waals surface area contributed by atoms with Crippen molar-refractivity contribution in [3.8, 4) is 17.2 Å². The number of aliphatic hydroxyl groups is 1. The topological polar surface area (TPSA) is 87.0 Å². The Hall–Kier alpha value is -3.73. The normalized spacial score (nSPS) is 11.7. The Balaban J connectivity index is 1.77. The maximum absolute atomic E-state index is 13.2. The number of aromatic hydroxyl groups is 2. The van der Waals surface area contributed by atoms with Crippen molar-refractivity contribution in [2.45, 2.75) is 39.0 Å². The smallest absolute Gasteiger partial charge is 0.162 e. The molecule has 0 heterocycles. The number of hydrogen-bond donors (Lipinski definition) is 3. The summed E-state index contributed by atoms with van der Waals surface area (Å²) in [6, 6.07) is 20.0. The summed E-state index contributed by atoms with van der Waals surface area (Å²) in [5.74, 6) is 0.652. The summed E-state index contributed by atoms with van der Waals surface area (Å²) in [7, 11) is 1.48. The fraction of sp³-hybridized carbons (Fsp3) is 0.250. The number of phenols is 2. The number of carbonyl (C=O) groups is 1. The molecule has 0 aliphatic rings. The van der Waals surface area contributed by atoms with E-state index in [1.54, 1.807) is 24.3 Å². The highest BCUT2D eigenvalue weighted by molar-refractivity contribution is 5.96. The van der Waals surface area contributed by atoms with Crippen LogP contribution in [0.2, 0.25) is 0 Å². The molecule has 0 aromatic heterocycles. The van der Waals surface area contributed by atoms with E-state index in [1.165, 1.54) is 7.11 Å². The van der Waals surface area contributed by atoms with Crippen LogP contribution in [0.15, 0.2) is 78.1 Å². The highest BCUT2D eigenvalue weighted by atomic mass is 16.5. The van der Waals surface area contributed by atoms with Gasteiger partial charge in [-0.3, -0.25) is 4.79 Å². The van der Waals surface area contributed by atoms with Crippen LogP contribution in [0, 0.1) is 6.92 Å². The van der Waals surface area contributed by atoms with Gasteiger partial charge in [-0.2, -0.15) is 0 Å². The first-order valence-electron chi connectivity index (χ1n) is 11.0. The zero-order valence-electron chi connectivity index (χ0n) is 19.0. The van der Waals surface area contributed by atoms with Crippen molar-refractivity contribution < 1.29 is 24.9 Å². The summed E-state index contributed by atoms with van der Waals surface area (Å²) < 4.78 is 5.15. The van der Waals surface area contributed by atoms with Crippen molar-refractivity contribution >= 4 is 5.78 Å². The molecule has 3 N–H and O–H groups in total. The molecule has 0 atom stereocenters. The van der Waals surface area contributed by atoms with Crippen molar-refractivity contribution in [2.75, 3.05) is 7.11 Å². The second-order valence-corrected chi connectivity index (χ2v) is 8.14. The number of phenolic OH excluding ortho intramolecular Hbond substituents is 2. The second kappa shape index (κ2) is 11.2. The molecule has 3 aromatic rings. The number of hydrogen-bond acceptors (Lipinski definition) is 5. The monoisotopic (exact) mass is 446 g/mol. The average molecular weight is 447 g/mol. The molecule has 0 saturated carbocycles. The van der Waals surface area contributed by atoms with Crippen LogP contribution in [0.4, 0.5) is 0 Å². The summed E-state index contributed by atoms with van der Waals surface area (Å²) in [4.78, 5) is 13.2. The number of allylic oxidation sites excluding steroid dienone is 2. The minimum absolute atomic E-state index is 0.0550. The minimum atomic E-state index is -0.106. The second-order valence-electron chi connectivity index (χ2n) is 8.14. The average Bonchev–Trinajstić information content (AvgIpc) is 2.83. The summed E-state index contributed by atoms with van der Waals surface area (Å²) in [6.45, 7) is 1.83.